The highest BCUT2D eigenvalue weighted by Gasteiger charge is 2.27. The zero-order valence-corrected chi connectivity index (χ0v) is 7.64. The lowest BCUT2D eigenvalue weighted by atomic mass is 9.78. The van der Waals surface area contributed by atoms with Gasteiger partial charge < -0.3 is 10.0 Å². The van der Waals surface area contributed by atoms with E-state index >= 15 is 0 Å². The van der Waals surface area contributed by atoms with Crippen molar-refractivity contribution in [3.63, 3.8) is 0 Å². The predicted molar refractivity (Wildman–Crippen MR) is 46.5 cm³/mol. The summed E-state index contributed by atoms with van der Waals surface area (Å²) < 4.78 is 0. The average molecular weight is 157 g/mol. The van der Waals surface area contributed by atoms with Crippen LogP contribution in [-0.2, 0) is 0 Å². The van der Waals surface area contributed by atoms with Crippen molar-refractivity contribution in [1.29, 1.82) is 0 Å². The van der Waals surface area contributed by atoms with Crippen LogP contribution in [0, 0.1) is 5.41 Å². The van der Waals surface area contributed by atoms with Crippen molar-refractivity contribution in [2.45, 2.75) is 26.2 Å². The second-order valence-corrected chi connectivity index (χ2v) is 4.09. The Kier molecular flexibility index (Phi) is 2.90. The normalized spacial score (nSPS) is 25.4. The van der Waals surface area contributed by atoms with Crippen molar-refractivity contribution < 1.29 is 5.11 Å². The highest BCUT2D eigenvalue weighted by atomic mass is 16.3. The number of rotatable bonds is 2. The van der Waals surface area contributed by atoms with Gasteiger partial charge in [0.05, 0.1) is 0 Å². The van der Waals surface area contributed by atoms with Crippen LogP contribution in [-0.4, -0.2) is 36.8 Å². The molecule has 0 amide bonds. The topological polar surface area (TPSA) is 23.5 Å². The van der Waals surface area contributed by atoms with Gasteiger partial charge in [0.2, 0.25) is 0 Å². The molecular formula is C9H19NO. The molecule has 1 aliphatic heterocycles. The zero-order chi connectivity index (χ0) is 8.32. The second-order valence-electron chi connectivity index (χ2n) is 4.09. The van der Waals surface area contributed by atoms with Gasteiger partial charge >= 0.3 is 0 Å². The molecule has 0 aromatic heterocycles. The van der Waals surface area contributed by atoms with E-state index in [-0.39, 0.29) is 0 Å². The summed E-state index contributed by atoms with van der Waals surface area (Å²) in [5, 5.41) is 8.84. The summed E-state index contributed by atoms with van der Waals surface area (Å²) in [7, 11) is 2.17. The van der Waals surface area contributed by atoms with Crippen LogP contribution in [0.3, 0.4) is 0 Å². The third-order valence-corrected chi connectivity index (χ3v) is 2.91. The number of hydrogen-bond acceptors (Lipinski definition) is 2. The molecule has 1 N–H and O–H groups in total. The fourth-order valence-electron chi connectivity index (χ4n) is 1.68. The van der Waals surface area contributed by atoms with Crippen molar-refractivity contribution in [3.8, 4) is 0 Å². The maximum atomic E-state index is 8.84. The van der Waals surface area contributed by atoms with Crippen LogP contribution >= 0.6 is 0 Å². The SMILES string of the molecule is CN1CCC(C)(CCO)CC1. The minimum atomic E-state index is 0.347. The van der Waals surface area contributed by atoms with Crippen molar-refractivity contribution >= 4 is 0 Å². The summed E-state index contributed by atoms with van der Waals surface area (Å²) in [6.45, 7) is 5.02. The van der Waals surface area contributed by atoms with Crippen molar-refractivity contribution in [1.82, 2.24) is 4.90 Å². The summed E-state index contributed by atoms with van der Waals surface area (Å²) in [6, 6.07) is 0. The molecule has 0 aromatic rings. The van der Waals surface area contributed by atoms with Crippen LogP contribution in [0.25, 0.3) is 0 Å². The first kappa shape index (κ1) is 9.01. The van der Waals surface area contributed by atoms with Gasteiger partial charge in [-0.3, -0.25) is 0 Å². The smallest absolute Gasteiger partial charge is 0.0436 e. The van der Waals surface area contributed by atoms with Gasteiger partial charge in [0, 0.05) is 6.61 Å². The molecule has 0 bridgehead atoms. The van der Waals surface area contributed by atoms with Gasteiger partial charge in [-0.1, -0.05) is 6.92 Å². The summed E-state index contributed by atoms with van der Waals surface area (Å²) in [4.78, 5) is 2.36. The molecule has 11 heavy (non-hydrogen) atoms. The number of piperidine rings is 1. The molecule has 0 atom stereocenters. The summed E-state index contributed by atoms with van der Waals surface area (Å²) in [5.41, 5.74) is 0.418. The summed E-state index contributed by atoms with van der Waals surface area (Å²) >= 11 is 0. The molecule has 0 saturated carbocycles. The third kappa shape index (κ3) is 2.46. The second kappa shape index (κ2) is 3.55. The van der Waals surface area contributed by atoms with Crippen LogP contribution in [0.4, 0.5) is 0 Å². The third-order valence-electron chi connectivity index (χ3n) is 2.91. The van der Waals surface area contributed by atoms with Crippen LogP contribution < -0.4 is 0 Å². The molecule has 2 heteroatoms. The predicted octanol–water partition coefficient (Wildman–Crippen LogP) is 1.10. The Labute approximate surface area is 69.2 Å². The number of likely N-dealkylation sites (tertiary alicyclic amines) is 1. The van der Waals surface area contributed by atoms with Crippen LogP contribution in [0.2, 0.25) is 0 Å². The lowest BCUT2D eigenvalue weighted by molar-refractivity contribution is 0.105. The Balaban J connectivity index is 2.35. The molecule has 0 unspecified atom stereocenters. The van der Waals surface area contributed by atoms with Gasteiger partial charge in [0.15, 0.2) is 0 Å². The van der Waals surface area contributed by atoms with Gasteiger partial charge in [-0.25, -0.2) is 0 Å². The minimum absolute atomic E-state index is 0.347. The first-order valence-corrected chi connectivity index (χ1v) is 4.46. The maximum absolute atomic E-state index is 8.84. The van der Waals surface area contributed by atoms with E-state index in [1.807, 2.05) is 0 Å². The van der Waals surface area contributed by atoms with Crippen LogP contribution in [0.5, 0.6) is 0 Å². The van der Waals surface area contributed by atoms with E-state index in [4.69, 9.17) is 5.11 Å². The molecule has 1 heterocycles. The Morgan fingerprint density at radius 3 is 2.36 bits per heavy atom. The summed E-state index contributed by atoms with van der Waals surface area (Å²) in [5.74, 6) is 0. The van der Waals surface area contributed by atoms with E-state index in [2.05, 4.69) is 18.9 Å². The van der Waals surface area contributed by atoms with E-state index in [1.54, 1.807) is 0 Å². The van der Waals surface area contributed by atoms with Crippen LogP contribution in [0.1, 0.15) is 26.2 Å². The van der Waals surface area contributed by atoms with Gasteiger partial charge in [0.25, 0.3) is 0 Å². The molecule has 2 nitrogen and oxygen atoms in total. The molecule has 66 valence electrons. The minimum Gasteiger partial charge on any atom is -0.396 e. The fourth-order valence-corrected chi connectivity index (χ4v) is 1.68. The lowest BCUT2D eigenvalue weighted by Crippen LogP contribution is -2.36. The molecule has 0 spiro atoms. The van der Waals surface area contributed by atoms with E-state index in [0.717, 1.165) is 6.42 Å². The molecule has 0 aliphatic carbocycles. The molecule has 1 aliphatic rings. The Morgan fingerprint density at radius 2 is 1.91 bits per heavy atom. The maximum Gasteiger partial charge on any atom is 0.0436 e. The monoisotopic (exact) mass is 157 g/mol. The Hall–Kier alpha value is -0.0800. The number of nitrogens with zero attached hydrogens (tertiary/aromatic N) is 1. The van der Waals surface area contributed by atoms with Crippen molar-refractivity contribution in [3.05, 3.63) is 0 Å². The molecular weight excluding hydrogens is 138 g/mol. The molecule has 1 fully saturated rings. The Morgan fingerprint density at radius 1 is 1.36 bits per heavy atom. The number of aliphatic hydroxyl groups excluding tert-OH is 1. The average Bonchev–Trinajstić information content (AvgIpc) is 1.97. The molecule has 0 aromatic carbocycles. The van der Waals surface area contributed by atoms with Crippen molar-refractivity contribution in [2.24, 2.45) is 5.41 Å². The van der Waals surface area contributed by atoms with Gasteiger partial charge in [-0.05, 0) is 44.8 Å². The van der Waals surface area contributed by atoms with E-state index in [0.29, 0.717) is 12.0 Å². The lowest BCUT2D eigenvalue weighted by Gasteiger charge is -2.37. The summed E-state index contributed by atoms with van der Waals surface area (Å²) in [6.07, 6.45) is 3.45. The quantitative estimate of drug-likeness (QED) is 0.649. The van der Waals surface area contributed by atoms with Crippen molar-refractivity contribution in [2.75, 3.05) is 26.7 Å². The molecule has 1 rings (SSSR count). The van der Waals surface area contributed by atoms with Gasteiger partial charge in [0.1, 0.15) is 0 Å². The first-order chi connectivity index (χ1) is 5.16. The molecule has 1 saturated heterocycles. The fraction of sp³-hybridized carbons (Fsp3) is 1.00. The molecule has 0 radical (unpaired) electrons. The number of aliphatic hydroxyl groups is 1. The zero-order valence-electron chi connectivity index (χ0n) is 7.64. The number of hydrogen-bond donors (Lipinski definition) is 1. The standard InChI is InChI=1S/C9H19NO/c1-9(5-8-11)3-6-10(2)7-4-9/h11H,3-8H2,1-2H3. The highest BCUT2D eigenvalue weighted by molar-refractivity contribution is 4.80. The highest BCUT2D eigenvalue weighted by Crippen LogP contribution is 2.33. The van der Waals surface area contributed by atoms with E-state index in [9.17, 15) is 0 Å². The first-order valence-electron chi connectivity index (χ1n) is 4.46. The van der Waals surface area contributed by atoms with Crippen LogP contribution in [0.15, 0.2) is 0 Å². The van der Waals surface area contributed by atoms with Gasteiger partial charge in [-0.2, -0.15) is 0 Å². The largest absolute Gasteiger partial charge is 0.396 e. The van der Waals surface area contributed by atoms with E-state index < -0.39 is 0 Å². The van der Waals surface area contributed by atoms with Gasteiger partial charge in [-0.15, -0.1) is 0 Å². The Bertz CT molecular complexity index is 117. The van der Waals surface area contributed by atoms with E-state index in [1.165, 1.54) is 25.9 Å².